The molecule has 1 aromatic carbocycles. The summed E-state index contributed by atoms with van der Waals surface area (Å²) in [6.07, 6.45) is 19.4. The second kappa shape index (κ2) is 26.9. The highest BCUT2D eigenvalue weighted by molar-refractivity contribution is 7.30. The minimum Gasteiger partial charge on any atom is -0.454 e. The molecule has 6 nitrogen and oxygen atoms in total. The van der Waals surface area contributed by atoms with Crippen LogP contribution in [0.1, 0.15) is 154 Å². The van der Waals surface area contributed by atoms with E-state index in [2.05, 4.69) is 111 Å². The van der Waals surface area contributed by atoms with Crippen molar-refractivity contribution >= 4 is 123 Å². The molecule has 9 aromatic heterocycles. The monoisotopic (exact) mass is 1200 g/mol. The first-order chi connectivity index (χ1) is 39.8. The van der Waals surface area contributed by atoms with Crippen molar-refractivity contribution in [3.8, 4) is 60.3 Å². The van der Waals surface area contributed by atoms with Crippen molar-refractivity contribution in [2.24, 2.45) is 0 Å². The van der Waals surface area contributed by atoms with Crippen molar-refractivity contribution in [1.29, 1.82) is 0 Å². The lowest BCUT2D eigenvalue weighted by Gasteiger charge is -2.23. The van der Waals surface area contributed by atoms with Gasteiger partial charge in [0, 0.05) is 66.4 Å². The molecular weight excluding hydrogens is 1130 g/mol. The van der Waals surface area contributed by atoms with Crippen molar-refractivity contribution in [2.75, 3.05) is 13.1 Å². The fourth-order valence-electron chi connectivity index (χ4n) is 11.0. The van der Waals surface area contributed by atoms with Gasteiger partial charge < -0.3 is 18.6 Å². The molecule has 0 bridgehead atoms. The maximum absolute atomic E-state index is 15.2. The van der Waals surface area contributed by atoms with Crippen LogP contribution < -0.4 is 0 Å². The normalized spacial score (nSPS) is 13.6. The van der Waals surface area contributed by atoms with Crippen LogP contribution in [0, 0.1) is 0 Å². The molecular formula is C68H72N2O4S7. The minimum atomic E-state index is -0.157. The van der Waals surface area contributed by atoms with Crippen molar-refractivity contribution in [3.05, 3.63) is 142 Å². The summed E-state index contributed by atoms with van der Waals surface area (Å²) < 4.78 is 16.1. The Hall–Kier alpha value is -5.38. The van der Waals surface area contributed by atoms with Crippen molar-refractivity contribution in [2.45, 2.75) is 144 Å². The molecule has 2 amide bonds. The van der Waals surface area contributed by atoms with Crippen LogP contribution in [0.5, 0.6) is 0 Å². The molecule has 420 valence electrons. The van der Waals surface area contributed by atoms with Crippen LogP contribution in [0.25, 0.3) is 91.9 Å². The molecule has 0 saturated heterocycles. The lowest BCUT2D eigenvalue weighted by molar-refractivity contribution is -0.124. The van der Waals surface area contributed by atoms with Gasteiger partial charge in [0.15, 0.2) is 11.5 Å². The summed E-state index contributed by atoms with van der Waals surface area (Å²) >= 11 is 12.7. The molecule has 0 N–H and O–H groups in total. The van der Waals surface area contributed by atoms with E-state index in [-0.39, 0.29) is 11.8 Å². The third kappa shape index (κ3) is 12.5. The van der Waals surface area contributed by atoms with Crippen LogP contribution >= 0.6 is 79.4 Å². The molecule has 0 spiro atoms. The Morgan fingerprint density at radius 3 is 1.30 bits per heavy atom. The topological polar surface area (TPSA) is 66.9 Å². The summed E-state index contributed by atoms with van der Waals surface area (Å²) in [7, 11) is 0. The van der Waals surface area contributed by atoms with Crippen LogP contribution in [0.2, 0.25) is 0 Å². The number of aryl methyl sites for hydroxylation is 1. The maximum Gasteiger partial charge on any atom is 0.261 e. The number of unbranched alkanes of at least 4 members (excludes halogenated alkanes) is 13. The van der Waals surface area contributed by atoms with E-state index in [1.165, 1.54) is 135 Å². The first kappa shape index (κ1) is 57.4. The van der Waals surface area contributed by atoms with E-state index >= 15 is 9.59 Å². The average Bonchev–Trinajstić information content (AvgIpc) is 4.45. The third-order valence-corrected chi connectivity index (χ3v) is 23.5. The van der Waals surface area contributed by atoms with Crippen LogP contribution in [0.4, 0.5) is 0 Å². The number of furan rings is 2. The summed E-state index contributed by atoms with van der Waals surface area (Å²) in [5.74, 6) is 2.22. The lowest BCUT2D eigenvalue weighted by Crippen LogP contribution is -2.31. The van der Waals surface area contributed by atoms with Crippen LogP contribution in [0.3, 0.4) is 0 Å². The van der Waals surface area contributed by atoms with Gasteiger partial charge in [-0.2, -0.15) is 0 Å². The van der Waals surface area contributed by atoms with Gasteiger partial charge in [-0.15, -0.1) is 79.4 Å². The maximum atomic E-state index is 15.2. The first-order valence-corrected chi connectivity index (χ1v) is 35.4. The Morgan fingerprint density at radius 1 is 0.370 bits per heavy atom. The highest BCUT2D eigenvalue weighted by atomic mass is 32.1. The zero-order valence-electron chi connectivity index (χ0n) is 47.3. The number of rotatable bonds is 27. The van der Waals surface area contributed by atoms with Gasteiger partial charge in [-0.1, -0.05) is 118 Å². The number of nitrogens with zero attached hydrogens (tertiary/aromatic N) is 2. The van der Waals surface area contributed by atoms with Gasteiger partial charge in [0.1, 0.15) is 22.9 Å². The summed E-state index contributed by atoms with van der Waals surface area (Å²) in [5.41, 5.74) is 2.01. The Bertz CT molecular complexity index is 3760. The van der Waals surface area contributed by atoms with Gasteiger partial charge in [-0.25, -0.2) is 0 Å². The van der Waals surface area contributed by atoms with Crippen molar-refractivity contribution in [1.82, 2.24) is 9.80 Å². The van der Waals surface area contributed by atoms with Crippen molar-refractivity contribution in [3.63, 3.8) is 0 Å². The Labute approximate surface area is 506 Å². The number of hydrogen-bond acceptors (Lipinski definition) is 11. The number of fused-ring (bicyclic) bond motifs is 3. The van der Waals surface area contributed by atoms with E-state index < -0.39 is 0 Å². The molecule has 0 unspecified atom stereocenters. The van der Waals surface area contributed by atoms with E-state index in [1.54, 1.807) is 34.0 Å². The predicted octanol–water partition coefficient (Wildman–Crippen LogP) is 23.3. The average molecular weight is 1210 g/mol. The number of amides is 2. The molecule has 2 aliphatic rings. The van der Waals surface area contributed by atoms with Gasteiger partial charge in [0.2, 0.25) is 0 Å². The van der Waals surface area contributed by atoms with Gasteiger partial charge in [0.25, 0.3) is 11.8 Å². The van der Waals surface area contributed by atoms with Gasteiger partial charge in [0.05, 0.1) is 20.9 Å². The van der Waals surface area contributed by atoms with Gasteiger partial charge in [-0.3, -0.25) is 9.59 Å². The zero-order valence-corrected chi connectivity index (χ0v) is 53.0. The fraction of sp³-hybridized carbons (Fsp3) is 0.353. The molecule has 0 atom stereocenters. The molecule has 81 heavy (non-hydrogen) atoms. The number of hydrogen-bond donors (Lipinski definition) is 0. The zero-order chi connectivity index (χ0) is 55.8. The molecule has 11 heterocycles. The second-order valence-corrected chi connectivity index (χ2v) is 28.5. The molecule has 13 heteroatoms. The standard InChI is InChI=1S/C66H66N2O4S7.C2H6/c1-4-7-10-13-15-18-36-67-63(61-62(66(67)70)64(68(65(61)69)37-19-16-14-11-8-5-2)48-25-23-46(72-48)60-41-43-40-58-42(35-38-73-58)39-59(43)79-60)47-24-22-45(71-47)49-27-28-52(75-49)53-31-32-56(77-53)57-34-33-55(78-57)54-30-29-51(76-54)50-26-21-44(74-50)20-17-12-9-6-3;1-2/h21-35,38-41H,4-20,36-37H2,1-3H3;1-2H3. The summed E-state index contributed by atoms with van der Waals surface area (Å²) in [6, 6.07) is 39.4. The molecule has 12 rings (SSSR count). The minimum absolute atomic E-state index is 0.157. The summed E-state index contributed by atoms with van der Waals surface area (Å²) in [5, 5.41) is 4.56. The van der Waals surface area contributed by atoms with Gasteiger partial charge >= 0.3 is 0 Å². The van der Waals surface area contributed by atoms with Gasteiger partial charge in [-0.05, 0) is 151 Å². The molecule has 10 aromatic rings. The highest BCUT2D eigenvalue weighted by Crippen LogP contribution is 2.50. The Morgan fingerprint density at radius 2 is 0.778 bits per heavy atom. The number of thiophene rings is 7. The van der Waals surface area contributed by atoms with E-state index in [4.69, 9.17) is 8.83 Å². The largest absolute Gasteiger partial charge is 0.454 e. The highest BCUT2D eigenvalue weighted by Gasteiger charge is 2.50. The molecule has 2 aliphatic heterocycles. The summed E-state index contributed by atoms with van der Waals surface area (Å²) in [6.45, 7) is 11.7. The fourth-order valence-corrected chi connectivity index (χ4v) is 18.3. The number of carbonyl (C=O) groups excluding carboxylic acids is 2. The quantitative estimate of drug-likeness (QED) is 0.0481. The lowest BCUT2D eigenvalue weighted by atomic mass is 10.1. The van der Waals surface area contributed by atoms with E-state index in [1.807, 2.05) is 93.3 Å². The smallest absolute Gasteiger partial charge is 0.261 e. The van der Waals surface area contributed by atoms with Crippen LogP contribution in [-0.4, -0.2) is 34.7 Å². The SMILES string of the molecule is CC.CCCCCCCCN1C(=O)C2=C(c3ccc(-c4cc5cc6sccc6cc5s4)o3)N(CCCCCCCC)C(=O)C2=C1c1ccc(-c2ccc(-c3ccc(-c4ccc(-c5ccc(-c6ccc(CCCCCC)s6)s5)s4)s3)s2)o1. The number of benzene rings is 1. The molecule has 0 fully saturated rings. The van der Waals surface area contributed by atoms with E-state index in [0.717, 1.165) is 59.8 Å². The molecule has 0 aliphatic carbocycles. The van der Waals surface area contributed by atoms with Crippen LogP contribution in [0.15, 0.2) is 135 Å². The van der Waals surface area contributed by atoms with E-state index in [0.29, 0.717) is 47.2 Å². The summed E-state index contributed by atoms with van der Waals surface area (Å²) in [4.78, 5) is 47.9. The Balaban J connectivity index is 0.00000341. The number of carbonyl (C=O) groups is 2. The second-order valence-electron chi connectivity index (χ2n) is 20.9. The molecule has 0 saturated carbocycles. The Kier molecular flexibility index (Phi) is 19.1. The third-order valence-electron chi connectivity index (χ3n) is 15.2. The van der Waals surface area contributed by atoms with Crippen molar-refractivity contribution < 1.29 is 18.4 Å². The van der Waals surface area contributed by atoms with E-state index in [9.17, 15) is 0 Å². The molecule has 0 radical (unpaired) electrons. The first-order valence-electron chi connectivity index (χ1n) is 29.6. The predicted molar refractivity (Wildman–Crippen MR) is 353 cm³/mol. The van der Waals surface area contributed by atoms with Crippen LogP contribution in [-0.2, 0) is 16.0 Å².